The van der Waals surface area contributed by atoms with Crippen molar-refractivity contribution in [2.24, 2.45) is 5.92 Å². The van der Waals surface area contributed by atoms with Crippen molar-refractivity contribution < 1.29 is 9.53 Å². The maximum atomic E-state index is 11.1. The zero-order valence-corrected chi connectivity index (χ0v) is 6.91. The highest BCUT2D eigenvalue weighted by Crippen LogP contribution is 2.26. The number of carbonyl (C=O) groups is 1. The first kappa shape index (κ1) is 7.35. The fourth-order valence-corrected chi connectivity index (χ4v) is 1.39. The number of fused-ring (bicyclic) bond motifs is 1. The van der Waals surface area contributed by atoms with Gasteiger partial charge in [-0.25, -0.2) is 0 Å². The van der Waals surface area contributed by atoms with Crippen LogP contribution in [0.5, 0.6) is 5.75 Å². The van der Waals surface area contributed by atoms with Crippen LogP contribution in [0.3, 0.4) is 0 Å². The van der Waals surface area contributed by atoms with Gasteiger partial charge in [-0.05, 0) is 18.1 Å². The van der Waals surface area contributed by atoms with Crippen LogP contribution in [-0.4, -0.2) is 5.97 Å². The maximum Gasteiger partial charge on any atom is 0.314 e. The van der Waals surface area contributed by atoms with E-state index >= 15 is 0 Å². The second-order valence-electron chi connectivity index (χ2n) is 3.13. The first-order chi connectivity index (χ1) is 5.77. The summed E-state index contributed by atoms with van der Waals surface area (Å²) in [6.45, 7) is 1.89. The third-order valence-electron chi connectivity index (χ3n) is 2.11. The van der Waals surface area contributed by atoms with E-state index in [0.717, 1.165) is 17.7 Å². The largest absolute Gasteiger partial charge is 0.426 e. The van der Waals surface area contributed by atoms with E-state index in [9.17, 15) is 4.79 Å². The molecule has 62 valence electrons. The van der Waals surface area contributed by atoms with Crippen LogP contribution in [0.25, 0.3) is 0 Å². The molecule has 2 heteroatoms. The zero-order chi connectivity index (χ0) is 8.55. The Morgan fingerprint density at radius 3 is 3.00 bits per heavy atom. The molecule has 1 aliphatic rings. The number of para-hydroxylation sites is 1. The molecule has 0 unspecified atom stereocenters. The van der Waals surface area contributed by atoms with E-state index in [1.165, 1.54) is 0 Å². The second kappa shape index (κ2) is 2.63. The Bertz CT molecular complexity index is 317. The Morgan fingerprint density at radius 2 is 2.17 bits per heavy atom. The lowest BCUT2D eigenvalue weighted by Crippen LogP contribution is -2.24. The van der Waals surface area contributed by atoms with Crippen LogP contribution in [-0.2, 0) is 11.2 Å². The van der Waals surface area contributed by atoms with E-state index in [1.54, 1.807) is 0 Å². The topological polar surface area (TPSA) is 26.3 Å². The molecule has 1 atom stereocenters. The molecule has 0 spiro atoms. The standard InChI is InChI=1S/C10H10O2/c1-7-6-8-4-2-3-5-9(8)12-10(7)11/h2-5,7H,6H2,1H3/t7-/m1/s1. The monoisotopic (exact) mass is 162 g/mol. The predicted octanol–water partition coefficient (Wildman–Crippen LogP) is 1.78. The van der Waals surface area contributed by atoms with Gasteiger partial charge >= 0.3 is 5.97 Å². The third-order valence-corrected chi connectivity index (χ3v) is 2.11. The molecule has 1 aliphatic heterocycles. The molecule has 1 aromatic rings. The van der Waals surface area contributed by atoms with Gasteiger partial charge in [0.25, 0.3) is 0 Å². The highest BCUT2D eigenvalue weighted by atomic mass is 16.5. The molecule has 0 amide bonds. The number of rotatable bonds is 0. The van der Waals surface area contributed by atoms with Gasteiger partial charge in [0.1, 0.15) is 5.75 Å². The number of esters is 1. The molecule has 0 bridgehead atoms. The van der Waals surface area contributed by atoms with Crippen LogP contribution in [0.15, 0.2) is 24.3 Å². The van der Waals surface area contributed by atoms with Crippen molar-refractivity contribution in [2.75, 3.05) is 0 Å². The van der Waals surface area contributed by atoms with E-state index in [0.29, 0.717) is 0 Å². The summed E-state index contributed by atoms with van der Waals surface area (Å²) in [6.07, 6.45) is 0.801. The van der Waals surface area contributed by atoms with Crippen LogP contribution in [0, 0.1) is 5.92 Å². The number of carbonyl (C=O) groups excluding carboxylic acids is 1. The van der Waals surface area contributed by atoms with Gasteiger partial charge < -0.3 is 4.74 Å². The highest BCUT2D eigenvalue weighted by molar-refractivity contribution is 5.77. The van der Waals surface area contributed by atoms with Gasteiger partial charge in [0.05, 0.1) is 5.92 Å². The van der Waals surface area contributed by atoms with Crippen molar-refractivity contribution in [3.8, 4) is 5.75 Å². The highest BCUT2D eigenvalue weighted by Gasteiger charge is 2.23. The van der Waals surface area contributed by atoms with Gasteiger partial charge in [-0.2, -0.15) is 0 Å². The fraction of sp³-hybridized carbons (Fsp3) is 0.300. The molecule has 0 radical (unpaired) electrons. The molecule has 0 saturated heterocycles. The Labute approximate surface area is 71.2 Å². The minimum Gasteiger partial charge on any atom is -0.426 e. The van der Waals surface area contributed by atoms with Crippen LogP contribution in [0.4, 0.5) is 0 Å². The van der Waals surface area contributed by atoms with Crippen LogP contribution >= 0.6 is 0 Å². The predicted molar refractivity (Wildman–Crippen MR) is 44.9 cm³/mol. The summed E-state index contributed by atoms with van der Waals surface area (Å²) in [7, 11) is 0. The van der Waals surface area contributed by atoms with Crippen molar-refractivity contribution in [3.05, 3.63) is 29.8 Å². The van der Waals surface area contributed by atoms with E-state index < -0.39 is 0 Å². The van der Waals surface area contributed by atoms with Crippen molar-refractivity contribution in [1.82, 2.24) is 0 Å². The van der Waals surface area contributed by atoms with E-state index in [1.807, 2.05) is 31.2 Å². The lowest BCUT2D eigenvalue weighted by Gasteiger charge is -2.19. The first-order valence-corrected chi connectivity index (χ1v) is 4.07. The summed E-state index contributed by atoms with van der Waals surface area (Å²) in [6, 6.07) is 7.67. The molecule has 2 nitrogen and oxygen atoms in total. The molecule has 1 aromatic carbocycles. The smallest absolute Gasteiger partial charge is 0.314 e. The maximum absolute atomic E-state index is 11.1. The molecule has 0 aliphatic carbocycles. The quantitative estimate of drug-likeness (QED) is 0.429. The summed E-state index contributed by atoms with van der Waals surface area (Å²) in [5, 5.41) is 0. The molecule has 2 rings (SSSR count). The van der Waals surface area contributed by atoms with E-state index in [2.05, 4.69) is 0 Å². The number of hydrogen-bond acceptors (Lipinski definition) is 2. The molecule has 0 saturated carbocycles. The van der Waals surface area contributed by atoms with Crippen molar-refractivity contribution in [2.45, 2.75) is 13.3 Å². The Morgan fingerprint density at radius 1 is 1.42 bits per heavy atom. The minimum absolute atomic E-state index is 0.0000926. The summed E-state index contributed by atoms with van der Waals surface area (Å²) in [5.74, 6) is 0.606. The molecule has 0 aromatic heterocycles. The first-order valence-electron chi connectivity index (χ1n) is 4.07. The Balaban J connectivity index is 2.40. The molecule has 0 fully saturated rings. The van der Waals surface area contributed by atoms with E-state index in [4.69, 9.17) is 4.74 Å². The summed E-state index contributed by atoms with van der Waals surface area (Å²) >= 11 is 0. The minimum atomic E-state index is -0.117. The van der Waals surface area contributed by atoms with Gasteiger partial charge in [0.15, 0.2) is 0 Å². The van der Waals surface area contributed by atoms with Crippen LogP contribution < -0.4 is 4.74 Å². The number of hydrogen-bond donors (Lipinski definition) is 0. The Hall–Kier alpha value is -1.31. The fourth-order valence-electron chi connectivity index (χ4n) is 1.39. The van der Waals surface area contributed by atoms with Gasteiger partial charge in [-0.15, -0.1) is 0 Å². The molecular weight excluding hydrogens is 152 g/mol. The summed E-state index contributed by atoms with van der Waals surface area (Å²) < 4.78 is 5.11. The second-order valence-corrected chi connectivity index (χ2v) is 3.13. The van der Waals surface area contributed by atoms with Gasteiger partial charge in [-0.3, -0.25) is 4.79 Å². The van der Waals surface area contributed by atoms with Crippen molar-refractivity contribution >= 4 is 5.97 Å². The molecular formula is C10H10O2. The van der Waals surface area contributed by atoms with E-state index in [-0.39, 0.29) is 11.9 Å². The summed E-state index contributed by atoms with van der Waals surface area (Å²) in [5.41, 5.74) is 1.13. The third kappa shape index (κ3) is 1.09. The zero-order valence-electron chi connectivity index (χ0n) is 6.91. The van der Waals surface area contributed by atoms with Gasteiger partial charge in [0.2, 0.25) is 0 Å². The average molecular weight is 162 g/mol. The number of ether oxygens (including phenoxy) is 1. The lowest BCUT2D eigenvalue weighted by molar-refractivity contribution is -0.139. The average Bonchev–Trinajstić information content (AvgIpc) is 2.07. The summed E-state index contributed by atoms with van der Waals surface area (Å²) in [4.78, 5) is 11.1. The molecule has 1 heterocycles. The Kier molecular flexibility index (Phi) is 1.61. The SMILES string of the molecule is C[C@@H]1Cc2ccccc2OC1=O. The van der Waals surface area contributed by atoms with Crippen molar-refractivity contribution in [3.63, 3.8) is 0 Å². The van der Waals surface area contributed by atoms with Gasteiger partial charge in [-0.1, -0.05) is 25.1 Å². The van der Waals surface area contributed by atoms with Crippen molar-refractivity contribution in [1.29, 1.82) is 0 Å². The van der Waals surface area contributed by atoms with Gasteiger partial charge in [0, 0.05) is 0 Å². The lowest BCUT2D eigenvalue weighted by atomic mass is 9.98. The number of benzene rings is 1. The van der Waals surface area contributed by atoms with Crippen LogP contribution in [0.2, 0.25) is 0 Å². The molecule has 0 N–H and O–H groups in total. The molecule has 12 heavy (non-hydrogen) atoms. The normalized spacial score (nSPS) is 21.4. The van der Waals surface area contributed by atoms with Crippen LogP contribution in [0.1, 0.15) is 12.5 Å².